The zero-order chi connectivity index (χ0) is 11.4. The van der Waals surface area contributed by atoms with Gasteiger partial charge in [0, 0.05) is 7.11 Å². The quantitative estimate of drug-likeness (QED) is 0.671. The zero-order valence-corrected chi connectivity index (χ0v) is 9.30. The highest BCUT2D eigenvalue weighted by molar-refractivity contribution is 4.94. The van der Waals surface area contributed by atoms with Crippen molar-refractivity contribution < 1.29 is 19.7 Å². The first-order valence-electron chi connectivity index (χ1n) is 5.31. The molecule has 0 radical (unpaired) electrons. The summed E-state index contributed by atoms with van der Waals surface area (Å²) >= 11 is 0. The summed E-state index contributed by atoms with van der Waals surface area (Å²) in [5.41, 5.74) is 0. The maximum Gasteiger partial charge on any atom is 0.114 e. The van der Waals surface area contributed by atoms with Gasteiger partial charge in [-0.05, 0) is 12.8 Å². The van der Waals surface area contributed by atoms with E-state index in [4.69, 9.17) is 9.47 Å². The van der Waals surface area contributed by atoms with Crippen LogP contribution in [0.4, 0.5) is 0 Å². The van der Waals surface area contributed by atoms with E-state index in [1.807, 2.05) is 6.92 Å². The lowest BCUT2D eigenvalue weighted by Gasteiger charge is -2.41. The monoisotopic (exact) mass is 216 g/mol. The van der Waals surface area contributed by atoms with Crippen LogP contribution in [0.25, 0.3) is 0 Å². The number of methoxy groups -OCH3 is 1. The fourth-order valence-corrected chi connectivity index (χ4v) is 1.99. The Morgan fingerprint density at radius 2 is 1.93 bits per heavy atom. The Morgan fingerprint density at radius 3 is 2.40 bits per heavy atom. The Balaban J connectivity index is 2.74. The van der Waals surface area contributed by atoms with Crippen molar-refractivity contribution in [1.29, 1.82) is 0 Å². The molecule has 0 spiro atoms. The van der Waals surface area contributed by atoms with Gasteiger partial charge in [0.05, 0.1) is 12.2 Å². The van der Waals surface area contributed by atoms with Gasteiger partial charge in [-0.2, -0.15) is 0 Å². The number of rotatable bonds is 4. The molecule has 88 valence electrons. The van der Waals surface area contributed by atoms with E-state index in [0.29, 0.717) is 12.8 Å². The van der Waals surface area contributed by atoms with Crippen molar-refractivity contribution in [2.75, 3.05) is 7.11 Å². The van der Waals surface area contributed by atoms with Crippen molar-refractivity contribution in [3.05, 3.63) is 12.7 Å². The van der Waals surface area contributed by atoms with Gasteiger partial charge < -0.3 is 19.7 Å². The van der Waals surface area contributed by atoms with Crippen molar-refractivity contribution in [3.63, 3.8) is 0 Å². The SMILES string of the molecule is C=CCC1O[C@@H](CC)[C@@H](O)[C@H](OC)[C@H]1O. The van der Waals surface area contributed by atoms with Gasteiger partial charge in [-0.25, -0.2) is 0 Å². The molecule has 0 aromatic rings. The van der Waals surface area contributed by atoms with Crippen LogP contribution in [-0.4, -0.2) is 47.8 Å². The van der Waals surface area contributed by atoms with E-state index in [1.165, 1.54) is 7.11 Å². The third-order valence-electron chi connectivity index (χ3n) is 2.86. The number of ether oxygens (including phenoxy) is 2. The molecule has 0 aliphatic carbocycles. The second-order valence-electron chi connectivity index (χ2n) is 3.83. The molecule has 1 aliphatic rings. The summed E-state index contributed by atoms with van der Waals surface area (Å²) in [6.07, 6.45) is 0.205. The molecule has 4 heteroatoms. The van der Waals surface area contributed by atoms with E-state index in [-0.39, 0.29) is 12.2 Å². The summed E-state index contributed by atoms with van der Waals surface area (Å²) in [6.45, 7) is 5.55. The third-order valence-corrected chi connectivity index (χ3v) is 2.86. The first-order chi connectivity index (χ1) is 7.15. The van der Waals surface area contributed by atoms with Gasteiger partial charge in [-0.3, -0.25) is 0 Å². The van der Waals surface area contributed by atoms with Crippen LogP contribution < -0.4 is 0 Å². The van der Waals surface area contributed by atoms with Gasteiger partial charge >= 0.3 is 0 Å². The van der Waals surface area contributed by atoms with Crippen LogP contribution in [0.3, 0.4) is 0 Å². The van der Waals surface area contributed by atoms with Crippen LogP contribution in [0, 0.1) is 0 Å². The van der Waals surface area contributed by atoms with Crippen molar-refractivity contribution >= 4 is 0 Å². The van der Waals surface area contributed by atoms with Crippen LogP contribution in [0.2, 0.25) is 0 Å². The molecule has 0 saturated carbocycles. The highest BCUT2D eigenvalue weighted by Crippen LogP contribution is 2.26. The molecule has 5 atom stereocenters. The normalized spacial score (nSPS) is 41.5. The van der Waals surface area contributed by atoms with Crippen molar-refractivity contribution in [2.24, 2.45) is 0 Å². The predicted molar refractivity (Wildman–Crippen MR) is 56.6 cm³/mol. The van der Waals surface area contributed by atoms with E-state index in [1.54, 1.807) is 6.08 Å². The molecule has 0 aromatic heterocycles. The van der Waals surface area contributed by atoms with E-state index in [0.717, 1.165) is 0 Å². The average molecular weight is 216 g/mol. The molecule has 0 aromatic carbocycles. The summed E-state index contributed by atoms with van der Waals surface area (Å²) in [5, 5.41) is 19.7. The van der Waals surface area contributed by atoms with Gasteiger partial charge in [0.25, 0.3) is 0 Å². The zero-order valence-electron chi connectivity index (χ0n) is 9.30. The molecule has 1 unspecified atom stereocenters. The molecule has 1 heterocycles. The van der Waals surface area contributed by atoms with Crippen LogP contribution in [0.5, 0.6) is 0 Å². The smallest absolute Gasteiger partial charge is 0.114 e. The highest BCUT2D eigenvalue weighted by Gasteiger charge is 2.43. The van der Waals surface area contributed by atoms with Crippen LogP contribution in [-0.2, 0) is 9.47 Å². The second-order valence-corrected chi connectivity index (χ2v) is 3.83. The van der Waals surface area contributed by atoms with E-state index >= 15 is 0 Å². The minimum absolute atomic E-state index is 0.275. The summed E-state index contributed by atoms with van der Waals surface area (Å²) in [5.74, 6) is 0. The molecule has 1 fully saturated rings. The first-order valence-corrected chi connectivity index (χ1v) is 5.31. The maximum atomic E-state index is 9.89. The molecule has 1 saturated heterocycles. The minimum Gasteiger partial charge on any atom is -0.388 e. The molecule has 1 aliphatic heterocycles. The van der Waals surface area contributed by atoms with Gasteiger partial charge in [-0.15, -0.1) is 6.58 Å². The van der Waals surface area contributed by atoms with E-state index in [2.05, 4.69) is 6.58 Å². The Hall–Kier alpha value is -0.420. The molecule has 2 N–H and O–H groups in total. The largest absolute Gasteiger partial charge is 0.388 e. The molecule has 15 heavy (non-hydrogen) atoms. The second kappa shape index (κ2) is 5.61. The summed E-state index contributed by atoms with van der Waals surface area (Å²) in [7, 11) is 1.49. The molecular formula is C11H20O4. The van der Waals surface area contributed by atoms with Crippen molar-refractivity contribution in [3.8, 4) is 0 Å². The van der Waals surface area contributed by atoms with E-state index < -0.39 is 18.3 Å². The number of aliphatic hydroxyl groups excluding tert-OH is 2. The van der Waals surface area contributed by atoms with Crippen molar-refractivity contribution in [2.45, 2.75) is 50.3 Å². The number of hydrogen-bond acceptors (Lipinski definition) is 4. The van der Waals surface area contributed by atoms with E-state index in [9.17, 15) is 10.2 Å². The Kier molecular flexibility index (Phi) is 4.73. The predicted octanol–water partition coefficient (Wildman–Crippen LogP) is 0.477. The lowest BCUT2D eigenvalue weighted by atomic mass is 9.92. The fourth-order valence-electron chi connectivity index (χ4n) is 1.99. The van der Waals surface area contributed by atoms with Crippen LogP contribution >= 0.6 is 0 Å². The first kappa shape index (κ1) is 12.6. The molecule has 1 rings (SSSR count). The Bertz CT molecular complexity index is 207. The lowest BCUT2D eigenvalue weighted by Crippen LogP contribution is -2.57. The topological polar surface area (TPSA) is 58.9 Å². The molecule has 0 bridgehead atoms. The third kappa shape index (κ3) is 2.58. The lowest BCUT2D eigenvalue weighted by molar-refractivity contribution is -0.228. The van der Waals surface area contributed by atoms with Gasteiger partial charge in [0.15, 0.2) is 0 Å². The fraction of sp³-hybridized carbons (Fsp3) is 0.818. The van der Waals surface area contributed by atoms with Gasteiger partial charge in [-0.1, -0.05) is 13.0 Å². The average Bonchev–Trinajstić information content (AvgIpc) is 2.23. The Morgan fingerprint density at radius 1 is 1.33 bits per heavy atom. The summed E-state index contributed by atoms with van der Waals surface area (Å²) < 4.78 is 10.7. The van der Waals surface area contributed by atoms with Crippen LogP contribution in [0.1, 0.15) is 19.8 Å². The molecule has 4 nitrogen and oxygen atoms in total. The maximum absolute atomic E-state index is 9.89. The van der Waals surface area contributed by atoms with Crippen molar-refractivity contribution in [1.82, 2.24) is 0 Å². The van der Waals surface area contributed by atoms with Gasteiger partial charge in [0.2, 0.25) is 0 Å². The number of hydrogen-bond donors (Lipinski definition) is 2. The van der Waals surface area contributed by atoms with Crippen LogP contribution in [0.15, 0.2) is 12.7 Å². The summed E-state index contributed by atoms with van der Waals surface area (Å²) in [4.78, 5) is 0. The standard InChI is InChI=1S/C11H20O4/c1-4-6-8-10(13)11(14-3)9(12)7(5-2)15-8/h4,7-13H,1,5-6H2,2-3H3/t7-,8?,9+,10-,11-/m0/s1. The highest BCUT2D eigenvalue weighted by atomic mass is 16.6. The summed E-state index contributed by atoms with van der Waals surface area (Å²) in [6, 6.07) is 0. The minimum atomic E-state index is -0.800. The Labute approximate surface area is 90.5 Å². The van der Waals surface area contributed by atoms with Gasteiger partial charge in [0.1, 0.15) is 18.3 Å². The molecular weight excluding hydrogens is 196 g/mol. The number of aliphatic hydroxyl groups is 2. The molecule has 0 amide bonds.